The predicted octanol–water partition coefficient (Wildman–Crippen LogP) is 6.99. The quantitative estimate of drug-likeness (QED) is 0.260. The first kappa shape index (κ1) is 26.2. The molecular weight excluding hydrogens is 416 g/mol. The maximum Gasteiger partial charge on any atom is 0.210 e. The third kappa shape index (κ3) is 6.70. The SMILES string of the molecule is CCCCc1cc2ccccn2c1C(=O)c1ccc(CCCN(CCC)CCC)cc1.Cl. The maximum atomic E-state index is 13.4. The average Bonchev–Trinajstić information content (AvgIpc) is 3.16. The van der Waals surface area contributed by atoms with E-state index in [0.29, 0.717) is 0 Å². The molecule has 3 aromatic rings. The van der Waals surface area contributed by atoms with E-state index in [4.69, 9.17) is 0 Å². The van der Waals surface area contributed by atoms with Gasteiger partial charge in [0.25, 0.3) is 0 Å². The largest absolute Gasteiger partial charge is 0.313 e. The van der Waals surface area contributed by atoms with Crippen LogP contribution in [-0.2, 0) is 12.8 Å². The molecule has 0 fully saturated rings. The van der Waals surface area contributed by atoms with Crippen LogP contribution in [0.4, 0.5) is 0 Å². The van der Waals surface area contributed by atoms with Gasteiger partial charge in [0.2, 0.25) is 5.78 Å². The second-order valence-corrected chi connectivity index (χ2v) is 8.59. The lowest BCUT2D eigenvalue weighted by molar-refractivity contribution is 0.103. The van der Waals surface area contributed by atoms with E-state index in [1.54, 1.807) is 0 Å². The molecule has 2 heterocycles. The van der Waals surface area contributed by atoms with Crippen molar-refractivity contribution in [3.63, 3.8) is 0 Å². The van der Waals surface area contributed by atoms with E-state index in [1.165, 1.54) is 31.5 Å². The fraction of sp³-hybridized carbons (Fsp3) is 0.464. The van der Waals surface area contributed by atoms with E-state index >= 15 is 0 Å². The zero-order valence-electron chi connectivity index (χ0n) is 20.0. The van der Waals surface area contributed by atoms with Gasteiger partial charge in [-0.3, -0.25) is 4.79 Å². The van der Waals surface area contributed by atoms with Gasteiger partial charge in [0, 0.05) is 17.3 Å². The number of ketones is 1. The summed E-state index contributed by atoms with van der Waals surface area (Å²) < 4.78 is 2.05. The summed E-state index contributed by atoms with van der Waals surface area (Å²) in [6.45, 7) is 10.2. The molecule has 0 unspecified atom stereocenters. The first-order chi connectivity index (χ1) is 15.2. The summed E-state index contributed by atoms with van der Waals surface area (Å²) in [5, 5.41) is 0. The summed E-state index contributed by atoms with van der Waals surface area (Å²) >= 11 is 0. The van der Waals surface area contributed by atoms with Crippen molar-refractivity contribution in [3.8, 4) is 0 Å². The number of carbonyl (C=O) groups is 1. The van der Waals surface area contributed by atoms with Crippen LogP contribution in [0.1, 0.15) is 80.1 Å². The minimum absolute atomic E-state index is 0. The Balaban J connectivity index is 0.00000363. The van der Waals surface area contributed by atoms with Crippen molar-refractivity contribution in [1.82, 2.24) is 9.30 Å². The minimum atomic E-state index is 0. The van der Waals surface area contributed by atoms with E-state index in [9.17, 15) is 4.79 Å². The van der Waals surface area contributed by atoms with Gasteiger partial charge in [-0.1, -0.05) is 57.5 Å². The molecule has 0 atom stereocenters. The summed E-state index contributed by atoms with van der Waals surface area (Å²) in [5.74, 6) is 0.126. The van der Waals surface area contributed by atoms with Crippen LogP contribution in [0.2, 0.25) is 0 Å². The Bertz CT molecular complexity index is 955. The molecule has 4 heteroatoms. The summed E-state index contributed by atoms with van der Waals surface area (Å²) in [6.07, 6.45) is 9.84. The van der Waals surface area contributed by atoms with Gasteiger partial charge in [0.1, 0.15) is 0 Å². The Kier molecular flexibility index (Phi) is 11.0. The lowest BCUT2D eigenvalue weighted by atomic mass is 10.00. The van der Waals surface area contributed by atoms with Crippen LogP contribution in [-0.4, -0.2) is 34.7 Å². The smallest absolute Gasteiger partial charge is 0.210 e. The molecule has 1 aromatic carbocycles. The molecule has 0 spiro atoms. The van der Waals surface area contributed by atoms with Crippen LogP contribution < -0.4 is 0 Å². The highest BCUT2D eigenvalue weighted by Crippen LogP contribution is 2.22. The molecule has 0 aliphatic rings. The Hall–Kier alpha value is -2.10. The summed E-state index contributed by atoms with van der Waals surface area (Å²) in [6, 6.07) is 16.6. The monoisotopic (exact) mass is 454 g/mol. The van der Waals surface area contributed by atoms with Crippen molar-refractivity contribution in [2.45, 2.75) is 65.7 Å². The number of fused-ring (bicyclic) bond motifs is 1. The van der Waals surface area contributed by atoms with Crippen LogP contribution in [0, 0.1) is 0 Å². The molecule has 0 amide bonds. The van der Waals surface area contributed by atoms with E-state index in [0.717, 1.165) is 61.0 Å². The molecule has 0 radical (unpaired) electrons. The number of pyridine rings is 1. The first-order valence-corrected chi connectivity index (χ1v) is 12.1. The number of halogens is 1. The highest BCUT2D eigenvalue weighted by Gasteiger charge is 2.18. The van der Waals surface area contributed by atoms with Crippen LogP contribution in [0.15, 0.2) is 54.7 Å². The first-order valence-electron chi connectivity index (χ1n) is 12.1. The van der Waals surface area contributed by atoms with Crippen molar-refractivity contribution in [3.05, 3.63) is 77.1 Å². The normalized spacial score (nSPS) is 11.1. The molecule has 0 aliphatic heterocycles. The van der Waals surface area contributed by atoms with Crippen molar-refractivity contribution in [2.75, 3.05) is 19.6 Å². The third-order valence-corrected chi connectivity index (χ3v) is 6.01. The number of rotatable bonds is 13. The second-order valence-electron chi connectivity index (χ2n) is 8.59. The topological polar surface area (TPSA) is 24.7 Å². The highest BCUT2D eigenvalue weighted by molar-refractivity contribution is 6.09. The van der Waals surface area contributed by atoms with Crippen molar-refractivity contribution in [1.29, 1.82) is 0 Å². The van der Waals surface area contributed by atoms with Crippen LogP contribution in [0.25, 0.3) is 5.52 Å². The van der Waals surface area contributed by atoms with E-state index in [2.05, 4.69) is 54.3 Å². The number of aromatic nitrogens is 1. The van der Waals surface area contributed by atoms with Gasteiger partial charge in [0.05, 0.1) is 5.69 Å². The van der Waals surface area contributed by atoms with Gasteiger partial charge in [0.15, 0.2) is 0 Å². The average molecular weight is 455 g/mol. The third-order valence-electron chi connectivity index (χ3n) is 6.01. The van der Waals surface area contributed by atoms with Gasteiger partial charge in [-0.25, -0.2) is 0 Å². The Morgan fingerprint density at radius 3 is 2.22 bits per heavy atom. The summed E-state index contributed by atoms with van der Waals surface area (Å²) in [7, 11) is 0. The zero-order valence-corrected chi connectivity index (χ0v) is 20.8. The van der Waals surface area contributed by atoms with Crippen molar-refractivity contribution >= 4 is 23.7 Å². The van der Waals surface area contributed by atoms with Crippen LogP contribution >= 0.6 is 12.4 Å². The van der Waals surface area contributed by atoms with Gasteiger partial charge in [-0.2, -0.15) is 0 Å². The number of carbonyl (C=O) groups excluding carboxylic acids is 1. The standard InChI is InChI=1S/C28H38N2O.ClH/c1-4-7-12-25-22-26-13-8-9-21-30(26)27(25)28(31)24-16-14-23(15-17-24)11-10-20-29(18-5-2)19-6-3;/h8-9,13-17,21-22H,4-7,10-12,18-20H2,1-3H3;1H. The van der Waals surface area contributed by atoms with Crippen LogP contribution in [0.3, 0.4) is 0 Å². The van der Waals surface area contributed by atoms with E-state index in [-0.39, 0.29) is 18.2 Å². The fourth-order valence-electron chi connectivity index (χ4n) is 4.43. The number of aryl methyl sites for hydroxylation is 2. The summed E-state index contributed by atoms with van der Waals surface area (Å²) in [4.78, 5) is 16.0. The van der Waals surface area contributed by atoms with E-state index in [1.807, 2.05) is 30.5 Å². The van der Waals surface area contributed by atoms with Crippen LogP contribution in [0.5, 0.6) is 0 Å². The molecule has 0 aliphatic carbocycles. The number of hydrogen-bond acceptors (Lipinski definition) is 2. The molecule has 2 aromatic heterocycles. The predicted molar refractivity (Wildman–Crippen MR) is 138 cm³/mol. The number of nitrogens with zero attached hydrogens (tertiary/aromatic N) is 2. The number of benzene rings is 1. The Morgan fingerprint density at radius 2 is 1.56 bits per heavy atom. The van der Waals surface area contributed by atoms with Gasteiger partial charge in [-0.05, 0) is 87.5 Å². The number of hydrogen-bond donors (Lipinski definition) is 0. The maximum absolute atomic E-state index is 13.4. The van der Waals surface area contributed by atoms with Gasteiger partial charge in [-0.15, -0.1) is 12.4 Å². The zero-order chi connectivity index (χ0) is 22.1. The molecule has 32 heavy (non-hydrogen) atoms. The Morgan fingerprint density at radius 1 is 0.844 bits per heavy atom. The molecule has 0 bridgehead atoms. The van der Waals surface area contributed by atoms with Gasteiger partial charge >= 0.3 is 0 Å². The molecule has 3 nitrogen and oxygen atoms in total. The lowest BCUT2D eigenvalue weighted by Crippen LogP contribution is -2.26. The number of unbranched alkanes of at least 4 members (excludes halogenated alkanes) is 1. The second kappa shape index (κ2) is 13.4. The van der Waals surface area contributed by atoms with Crippen molar-refractivity contribution in [2.24, 2.45) is 0 Å². The molecular formula is C28H39ClN2O. The minimum Gasteiger partial charge on any atom is -0.313 e. The van der Waals surface area contributed by atoms with E-state index < -0.39 is 0 Å². The molecule has 3 rings (SSSR count). The molecule has 0 saturated carbocycles. The lowest BCUT2D eigenvalue weighted by Gasteiger charge is -2.20. The van der Waals surface area contributed by atoms with Crippen molar-refractivity contribution < 1.29 is 4.79 Å². The molecule has 0 saturated heterocycles. The Labute approximate surface area is 200 Å². The summed E-state index contributed by atoms with van der Waals surface area (Å²) in [5.41, 5.74) is 5.18. The highest BCUT2D eigenvalue weighted by atomic mass is 35.5. The molecule has 174 valence electrons. The fourth-order valence-corrected chi connectivity index (χ4v) is 4.43. The van der Waals surface area contributed by atoms with Gasteiger partial charge < -0.3 is 9.30 Å². The molecule has 0 N–H and O–H groups in total.